The third kappa shape index (κ3) is 3.64. The molecule has 1 aliphatic carbocycles. The number of hydrogen-bond donors (Lipinski definition) is 3. The van der Waals surface area contributed by atoms with Crippen molar-refractivity contribution in [2.45, 2.75) is 30.6 Å². The number of aliphatic hydroxyl groups excluding tert-OH is 1. The van der Waals surface area contributed by atoms with Gasteiger partial charge in [-0.1, -0.05) is 0 Å². The van der Waals surface area contributed by atoms with Crippen LogP contribution in [0.2, 0.25) is 0 Å². The fourth-order valence-corrected chi connectivity index (χ4v) is 5.75. The van der Waals surface area contributed by atoms with Gasteiger partial charge in [-0.15, -0.1) is 0 Å². The molecule has 0 unspecified atom stereocenters. The van der Waals surface area contributed by atoms with Crippen LogP contribution in [0.15, 0.2) is 46.3 Å². The molecule has 1 aliphatic heterocycles. The van der Waals surface area contributed by atoms with Crippen LogP contribution in [0.1, 0.15) is 29.8 Å². The number of aryl methyl sites for hydroxylation is 1. The van der Waals surface area contributed by atoms with E-state index in [1.165, 1.54) is 31.2 Å². The molecule has 2 aromatic heterocycles. The minimum Gasteiger partial charge on any atom is -0.395 e. The number of hydrogen-bond acceptors (Lipinski definition) is 5. The monoisotopic (exact) mass is 459 g/mol. The third-order valence-corrected chi connectivity index (χ3v) is 8.28. The first-order valence-corrected chi connectivity index (χ1v) is 12.3. The van der Waals surface area contributed by atoms with Crippen LogP contribution in [0.3, 0.4) is 0 Å². The fraction of sp³-hybridized carbons (Fsp3) is 0.435. The predicted molar refractivity (Wildman–Crippen MR) is 124 cm³/mol. The number of H-pyrrole nitrogens is 1. The molecule has 2 fully saturated rings. The summed E-state index contributed by atoms with van der Waals surface area (Å²) in [4.78, 5) is 17.9. The molecule has 1 spiro atoms. The summed E-state index contributed by atoms with van der Waals surface area (Å²) >= 11 is 0. The largest absolute Gasteiger partial charge is 0.395 e. The highest BCUT2D eigenvalue weighted by Gasteiger charge is 2.44. The molecule has 8 nitrogen and oxygen atoms in total. The van der Waals surface area contributed by atoms with Crippen LogP contribution < -0.4 is 15.2 Å². The lowest BCUT2D eigenvalue weighted by atomic mass is 9.92. The number of aromatic amines is 1. The zero-order chi connectivity index (χ0) is 25.0. The Morgan fingerprint density at radius 2 is 1.97 bits per heavy atom. The molecular weight excluding hydrogens is 428 g/mol. The average Bonchev–Trinajstić information content (AvgIpc) is 3.37. The van der Waals surface area contributed by atoms with Gasteiger partial charge in [-0.3, -0.25) is 4.79 Å². The molecular formula is C23H28N4O4S. The van der Waals surface area contributed by atoms with Gasteiger partial charge in [0.15, 0.2) is 0 Å². The molecule has 0 amide bonds. The number of rotatable bonds is 6. The highest BCUT2D eigenvalue weighted by Crippen LogP contribution is 2.54. The normalized spacial score (nSPS) is 19.7. The first kappa shape index (κ1) is 17.9. The van der Waals surface area contributed by atoms with Gasteiger partial charge in [0.05, 0.1) is 11.5 Å². The van der Waals surface area contributed by atoms with Crippen LogP contribution in [0.4, 0.5) is 5.69 Å². The predicted octanol–water partition coefficient (Wildman–Crippen LogP) is 2.18. The lowest BCUT2D eigenvalue weighted by molar-refractivity contribution is 0.301. The molecule has 2 aliphatic rings. The Morgan fingerprint density at radius 1 is 1.19 bits per heavy atom. The Hall–Kier alpha value is -2.62. The maximum atomic E-state index is 12.9. The summed E-state index contributed by atoms with van der Waals surface area (Å²) in [6.07, 6.45) is 7.47. The van der Waals surface area contributed by atoms with Gasteiger partial charge in [0.25, 0.3) is 5.56 Å². The maximum Gasteiger partial charge on any atom is 0.274 e. The smallest absolute Gasteiger partial charge is 0.274 e. The van der Waals surface area contributed by atoms with E-state index < -0.39 is 22.6 Å². The number of piperidine rings is 1. The second kappa shape index (κ2) is 7.75. The van der Waals surface area contributed by atoms with Crippen LogP contribution in [0.25, 0.3) is 22.0 Å². The first-order chi connectivity index (χ1) is 16.5. The fourth-order valence-electron chi connectivity index (χ4n) is 4.70. The van der Waals surface area contributed by atoms with Gasteiger partial charge in [-0.05, 0) is 55.4 Å². The highest BCUT2D eigenvalue weighted by molar-refractivity contribution is 7.89. The number of aliphatic hydroxyl groups is 1. The molecule has 3 N–H and O–H groups in total. The van der Waals surface area contributed by atoms with E-state index in [0.29, 0.717) is 26.5 Å². The summed E-state index contributed by atoms with van der Waals surface area (Å²) in [6.45, 7) is -1.54. The first-order valence-electron chi connectivity index (χ1n) is 12.3. The average molecular weight is 460 g/mol. The zero-order valence-electron chi connectivity index (χ0n) is 20.6. The van der Waals surface area contributed by atoms with Crippen LogP contribution in [-0.2, 0) is 17.0 Å². The number of benzene rings is 1. The number of anilines is 1. The van der Waals surface area contributed by atoms with E-state index in [1.807, 2.05) is 0 Å². The number of aromatic nitrogens is 2. The van der Waals surface area contributed by atoms with E-state index in [1.54, 1.807) is 18.3 Å². The van der Waals surface area contributed by atoms with E-state index in [2.05, 4.69) is 14.6 Å². The van der Waals surface area contributed by atoms with Gasteiger partial charge < -0.3 is 19.6 Å². The van der Waals surface area contributed by atoms with Gasteiger partial charge in [0, 0.05) is 65.3 Å². The molecule has 5 rings (SSSR count). The van der Waals surface area contributed by atoms with Gasteiger partial charge >= 0.3 is 0 Å². The maximum absolute atomic E-state index is 12.9. The quantitative estimate of drug-likeness (QED) is 0.524. The Balaban J connectivity index is 1.71. The molecule has 0 atom stereocenters. The van der Waals surface area contributed by atoms with Gasteiger partial charge in [0.1, 0.15) is 5.52 Å². The van der Waals surface area contributed by atoms with Gasteiger partial charge in [0.2, 0.25) is 10.0 Å². The Kier molecular flexibility index (Phi) is 4.33. The van der Waals surface area contributed by atoms with Crippen molar-refractivity contribution in [3.05, 3.63) is 47.0 Å². The Labute approximate surface area is 191 Å². The topological polar surface area (TPSA) is 107 Å². The van der Waals surface area contributed by atoms with E-state index >= 15 is 0 Å². The minimum atomic E-state index is -3.91. The van der Waals surface area contributed by atoms with Crippen molar-refractivity contribution in [3.63, 3.8) is 0 Å². The number of sulfonamides is 1. The number of fused-ring (bicyclic) bond motifs is 1. The Morgan fingerprint density at radius 3 is 2.66 bits per heavy atom. The summed E-state index contributed by atoms with van der Waals surface area (Å²) in [7, 11) is -3.91. The van der Waals surface area contributed by atoms with Crippen LogP contribution in [0.5, 0.6) is 0 Å². The van der Waals surface area contributed by atoms with E-state index in [0.717, 1.165) is 31.6 Å². The molecule has 0 radical (unpaired) electrons. The second-order valence-corrected chi connectivity index (χ2v) is 10.5. The van der Waals surface area contributed by atoms with Crippen molar-refractivity contribution in [3.8, 4) is 11.1 Å². The second-order valence-electron chi connectivity index (χ2n) is 8.77. The summed E-state index contributed by atoms with van der Waals surface area (Å²) in [5.74, 6) is 0. The molecule has 3 aromatic rings. The van der Waals surface area contributed by atoms with E-state index in [4.69, 9.17) is 9.22 Å². The zero-order valence-corrected chi connectivity index (χ0v) is 18.4. The SMILES string of the molecule is [2H]C([2H])([2H])n1cc(-c2cc(S(=O)(=O)NCCO)ccc2N2CCC3(CC2)CC3)c2cc[nH]c2c1=O. The molecule has 9 heteroatoms. The van der Waals surface area contributed by atoms with Crippen LogP contribution in [0, 0.1) is 5.41 Å². The van der Waals surface area contributed by atoms with Crippen molar-refractivity contribution in [1.82, 2.24) is 14.3 Å². The molecule has 0 bridgehead atoms. The highest BCUT2D eigenvalue weighted by atomic mass is 32.2. The van der Waals surface area contributed by atoms with Crippen LogP contribution in [-0.4, -0.2) is 49.3 Å². The summed E-state index contributed by atoms with van der Waals surface area (Å²) in [5, 5.41) is 9.59. The summed E-state index contributed by atoms with van der Waals surface area (Å²) in [6, 6.07) is 6.48. The van der Waals surface area contributed by atoms with E-state index in [-0.39, 0.29) is 23.6 Å². The number of pyridine rings is 1. The van der Waals surface area contributed by atoms with Gasteiger partial charge in [-0.2, -0.15) is 0 Å². The molecule has 1 saturated heterocycles. The minimum absolute atomic E-state index is 0.00399. The molecule has 170 valence electrons. The summed E-state index contributed by atoms with van der Waals surface area (Å²) < 4.78 is 52.4. The van der Waals surface area contributed by atoms with Crippen LogP contribution >= 0.6 is 0 Å². The summed E-state index contributed by atoms with van der Waals surface area (Å²) in [5.41, 5.74) is 1.70. The van der Waals surface area contributed by atoms with Crippen molar-refractivity contribution < 1.29 is 17.6 Å². The standard InChI is InChI=1S/C23H28N4O4S/c1-26-15-19(17-4-9-24-21(17)22(26)29)18-14-16(32(30,31)25-10-13-28)2-3-20(18)27-11-7-23(5-6-23)8-12-27/h2-4,9,14-15,24-25,28H,5-8,10-13H2,1H3/i1D3. The lowest BCUT2D eigenvalue weighted by Gasteiger charge is -2.35. The lowest BCUT2D eigenvalue weighted by Crippen LogP contribution is -2.35. The molecule has 1 saturated carbocycles. The Bertz CT molecular complexity index is 1430. The van der Waals surface area contributed by atoms with Gasteiger partial charge in [-0.25, -0.2) is 13.1 Å². The van der Waals surface area contributed by atoms with Crippen molar-refractivity contribution in [2.24, 2.45) is 12.4 Å². The third-order valence-electron chi connectivity index (χ3n) is 6.82. The number of nitrogens with one attached hydrogen (secondary N) is 2. The molecule has 32 heavy (non-hydrogen) atoms. The van der Waals surface area contributed by atoms with E-state index in [9.17, 15) is 13.2 Å². The molecule has 3 heterocycles. The number of nitrogens with zero attached hydrogens (tertiary/aromatic N) is 2. The van der Waals surface area contributed by atoms with Crippen molar-refractivity contribution in [2.75, 3.05) is 31.1 Å². The van der Waals surface area contributed by atoms with Crippen molar-refractivity contribution >= 4 is 26.6 Å². The van der Waals surface area contributed by atoms with Crippen molar-refractivity contribution in [1.29, 1.82) is 0 Å². The molecule has 1 aromatic carbocycles.